The van der Waals surface area contributed by atoms with Crippen molar-refractivity contribution in [2.75, 3.05) is 31.1 Å². The van der Waals surface area contributed by atoms with Gasteiger partial charge in [0.1, 0.15) is 4.70 Å². The second kappa shape index (κ2) is 8.56. The number of aromatic amines is 1. The van der Waals surface area contributed by atoms with Gasteiger partial charge in [0, 0.05) is 51.5 Å². The van der Waals surface area contributed by atoms with Gasteiger partial charge in [-0.05, 0) is 30.4 Å². The van der Waals surface area contributed by atoms with Gasteiger partial charge in [-0.15, -0.1) is 11.3 Å². The molecule has 3 aromatic rings. The molecule has 0 unspecified atom stereocenters. The van der Waals surface area contributed by atoms with Crippen LogP contribution in [0.4, 0.5) is 5.95 Å². The largest absolute Gasteiger partial charge is 0.339 e. The molecule has 0 spiro atoms. The van der Waals surface area contributed by atoms with Crippen LogP contribution in [0.25, 0.3) is 10.2 Å². The quantitative estimate of drug-likeness (QED) is 0.605. The Hall–Kier alpha value is -3.01. The van der Waals surface area contributed by atoms with Crippen LogP contribution in [0.5, 0.6) is 0 Å². The zero-order valence-corrected chi connectivity index (χ0v) is 16.7. The minimum atomic E-state index is -0.397. The molecule has 29 heavy (non-hydrogen) atoms. The van der Waals surface area contributed by atoms with Gasteiger partial charge >= 0.3 is 5.69 Å². The van der Waals surface area contributed by atoms with E-state index in [1.807, 2.05) is 4.90 Å². The first-order valence-corrected chi connectivity index (χ1v) is 10.5. The minimum Gasteiger partial charge on any atom is -0.339 e. The van der Waals surface area contributed by atoms with Gasteiger partial charge in [0.2, 0.25) is 11.9 Å². The number of carbonyl (C=O) groups is 1. The zero-order chi connectivity index (χ0) is 20.2. The molecule has 0 aromatic carbocycles. The van der Waals surface area contributed by atoms with Crippen LogP contribution < -0.4 is 16.1 Å². The van der Waals surface area contributed by atoms with Crippen LogP contribution in [0.3, 0.4) is 0 Å². The van der Waals surface area contributed by atoms with E-state index < -0.39 is 5.69 Å². The Labute approximate surface area is 170 Å². The van der Waals surface area contributed by atoms with Gasteiger partial charge in [-0.25, -0.2) is 14.8 Å². The molecule has 1 saturated heterocycles. The highest BCUT2D eigenvalue weighted by Crippen LogP contribution is 2.13. The number of hydrogen-bond donors (Lipinski definition) is 1. The van der Waals surface area contributed by atoms with Crippen LogP contribution >= 0.6 is 11.3 Å². The maximum Gasteiger partial charge on any atom is 0.328 e. The number of unbranched alkanes of at least 4 members (excludes halogenated alkanes) is 1. The number of carbonyl (C=O) groups excluding carboxylic acids is 1. The average molecular weight is 414 g/mol. The van der Waals surface area contributed by atoms with Gasteiger partial charge in [-0.2, -0.15) is 0 Å². The van der Waals surface area contributed by atoms with Crippen LogP contribution in [0, 0.1) is 0 Å². The molecule has 0 atom stereocenters. The standard InChI is InChI=1S/C19H22N6O3S/c26-15(23-9-11-24(12-10-23)18-20-6-3-7-21-18)4-1-2-8-25-17(27)16-14(5-13-29-16)22-19(25)28/h3,5-7,13H,1-2,4,8-12H2,(H,22,28). The molecular formula is C19H22N6O3S. The second-order valence-corrected chi connectivity index (χ2v) is 7.84. The number of thiophene rings is 1. The minimum absolute atomic E-state index is 0.105. The summed E-state index contributed by atoms with van der Waals surface area (Å²) in [7, 11) is 0. The molecule has 1 aliphatic rings. The number of piperazine rings is 1. The number of nitrogens with zero attached hydrogens (tertiary/aromatic N) is 5. The first-order valence-electron chi connectivity index (χ1n) is 9.63. The van der Waals surface area contributed by atoms with E-state index in [0.717, 1.165) is 0 Å². The molecule has 3 aromatic heterocycles. The number of anilines is 1. The fourth-order valence-electron chi connectivity index (χ4n) is 3.49. The molecule has 10 heteroatoms. The van der Waals surface area contributed by atoms with Crippen molar-refractivity contribution in [3.05, 3.63) is 50.7 Å². The Balaban J connectivity index is 1.25. The SMILES string of the molecule is O=C(CCCCn1c(=O)[nH]c2ccsc2c1=O)N1CCN(c2ncccn2)CC1. The second-order valence-electron chi connectivity index (χ2n) is 6.92. The normalized spacial score (nSPS) is 14.5. The Bertz CT molecular complexity index is 1100. The van der Waals surface area contributed by atoms with Gasteiger partial charge in [0.25, 0.3) is 5.56 Å². The first-order chi connectivity index (χ1) is 14.1. The number of rotatable bonds is 6. The zero-order valence-electron chi connectivity index (χ0n) is 15.9. The molecule has 4 heterocycles. The summed E-state index contributed by atoms with van der Waals surface area (Å²) in [5.41, 5.74) is -0.0766. The highest BCUT2D eigenvalue weighted by Gasteiger charge is 2.22. The van der Waals surface area contributed by atoms with Crippen molar-refractivity contribution in [2.45, 2.75) is 25.8 Å². The van der Waals surface area contributed by atoms with Gasteiger partial charge < -0.3 is 14.8 Å². The van der Waals surface area contributed by atoms with Gasteiger partial charge in [0.05, 0.1) is 5.52 Å². The van der Waals surface area contributed by atoms with Crippen molar-refractivity contribution in [1.82, 2.24) is 24.4 Å². The van der Waals surface area contributed by atoms with Gasteiger partial charge in [-0.3, -0.25) is 14.2 Å². The Morgan fingerprint density at radius 1 is 1.10 bits per heavy atom. The summed E-state index contributed by atoms with van der Waals surface area (Å²) >= 11 is 1.32. The topological polar surface area (TPSA) is 104 Å². The molecule has 4 rings (SSSR count). The van der Waals surface area contributed by atoms with E-state index in [2.05, 4.69) is 19.9 Å². The van der Waals surface area contributed by atoms with Crippen molar-refractivity contribution >= 4 is 33.4 Å². The summed E-state index contributed by atoms with van der Waals surface area (Å²) in [4.78, 5) is 52.1. The molecule has 1 amide bonds. The molecule has 0 radical (unpaired) electrons. The fraction of sp³-hybridized carbons (Fsp3) is 0.421. The lowest BCUT2D eigenvalue weighted by Gasteiger charge is -2.34. The van der Waals surface area contributed by atoms with E-state index in [9.17, 15) is 14.4 Å². The first kappa shape index (κ1) is 19.3. The van der Waals surface area contributed by atoms with E-state index in [1.165, 1.54) is 15.9 Å². The third-order valence-electron chi connectivity index (χ3n) is 5.08. The molecule has 1 N–H and O–H groups in total. The molecule has 0 bridgehead atoms. The summed E-state index contributed by atoms with van der Waals surface area (Å²) in [6.07, 6.45) is 5.08. The molecule has 1 aliphatic heterocycles. The van der Waals surface area contributed by atoms with Gasteiger partial charge in [-0.1, -0.05) is 0 Å². The van der Waals surface area contributed by atoms with Crippen LogP contribution in [-0.4, -0.2) is 56.5 Å². The van der Waals surface area contributed by atoms with E-state index >= 15 is 0 Å². The van der Waals surface area contributed by atoms with E-state index in [1.54, 1.807) is 29.9 Å². The van der Waals surface area contributed by atoms with Crippen LogP contribution in [0.2, 0.25) is 0 Å². The van der Waals surface area contributed by atoms with Crippen molar-refractivity contribution < 1.29 is 4.79 Å². The predicted octanol–water partition coefficient (Wildman–Crippen LogP) is 1.06. The average Bonchev–Trinajstić information content (AvgIpc) is 3.22. The molecule has 1 fully saturated rings. The highest BCUT2D eigenvalue weighted by molar-refractivity contribution is 7.17. The lowest BCUT2D eigenvalue weighted by molar-refractivity contribution is -0.131. The van der Waals surface area contributed by atoms with E-state index in [-0.39, 0.29) is 11.5 Å². The van der Waals surface area contributed by atoms with Crippen LogP contribution in [0.15, 0.2) is 39.5 Å². The number of amides is 1. The van der Waals surface area contributed by atoms with Crippen molar-refractivity contribution in [3.63, 3.8) is 0 Å². The van der Waals surface area contributed by atoms with Crippen molar-refractivity contribution in [2.24, 2.45) is 0 Å². The maximum absolute atomic E-state index is 12.5. The lowest BCUT2D eigenvalue weighted by Crippen LogP contribution is -2.49. The smallest absolute Gasteiger partial charge is 0.328 e. The number of aromatic nitrogens is 4. The Kier molecular flexibility index (Phi) is 5.70. The summed E-state index contributed by atoms with van der Waals surface area (Å²) in [6.45, 7) is 3.02. The maximum atomic E-state index is 12.5. The highest BCUT2D eigenvalue weighted by atomic mass is 32.1. The summed E-state index contributed by atoms with van der Waals surface area (Å²) in [5, 5.41) is 1.79. The summed E-state index contributed by atoms with van der Waals surface area (Å²) < 4.78 is 1.78. The number of fused-ring (bicyclic) bond motifs is 1. The molecule has 9 nitrogen and oxygen atoms in total. The van der Waals surface area contributed by atoms with Gasteiger partial charge in [0.15, 0.2) is 0 Å². The van der Waals surface area contributed by atoms with Crippen molar-refractivity contribution in [3.8, 4) is 0 Å². The molecule has 152 valence electrons. The number of hydrogen-bond acceptors (Lipinski definition) is 7. The summed E-state index contributed by atoms with van der Waals surface area (Å²) in [5.74, 6) is 0.798. The molecule has 0 aliphatic carbocycles. The van der Waals surface area contributed by atoms with Crippen molar-refractivity contribution in [1.29, 1.82) is 0 Å². The van der Waals surface area contributed by atoms with Crippen LogP contribution in [0.1, 0.15) is 19.3 Å². The number of nitrogens with one attached hydrogen (secondary N) is 1. The molecular weight excluding hydrogens is 392 g/mol. The fourth-order valence-corrected chi connectivity index (χ4v) is 4.29. The monoisotopic (exact) mass is 414 g/mol. The third-order valence-corrected chi connectivity index (χ3v) is 5.98. The Morgan fingerprint density at radius 2 is 1.86 bits per heavy atom. The van der Waals surface area contributed by atoms with Crippen LogP contribution in [-0.2, 0) is 11.3 Å². The number of H-pyrrole nitrogens is 1. The third kappa shape index (κ3) is 4.21. The Morgan fingerprint density at radius 3 is 2.62 bits per heavy atom. The van der Waals surface area contributed by atoms with E-state index in [4.69, 9.17) is 0 Å². The van der Waals surface area contributed by atoms with E-state index in [0.29, 0.717) is 68.2 Å². The lowest BCUT2D eigenvalue weighted by atomic mass is 10.2. The predicted molar refractivity (Wildman–Crippen MR) is 111 cm³/mol. The molecule has 0 saturated carbocycles. The summed E-state index contributed by atoms with van der Waals surface area (Å²) in [6, 6.07) is 3.51.